The molecule has 0 radical (unpaired) electrons. The Bertz CT molecular complexity index is 381. The van der Waals surface area contributed by atoms with Crippen LogP contribution >= 0.6 is 0 Å². The number of rotatable bonds is 2. The van der Waals surface area contributed by atoms with Crippen molar-refractivity contribution in [1.82, 2.24) is 0 Å². The molecule has 0 aromatic heterocycles. The average Bonchev–Trinajstić information content (AvgIpc) is 2.10. The normalized spacial score (nSPS) is 12.5. The van der Waals surface area contributed by atoms with Crippen LogP contribution in [0.1, 0.15) is 11.6 Å². The molecule has 0 saturated heterocycles. The highest BCUT2D eigenvalue weighted by Gasteiger charge is 2.20. The van der Waals surface area contributed by atoms with Crippen molar-refractivity contribution in [2.45, 2.75) is 6.04 Å². The van der Waals surface area contributed by atoms with E-state index in [1.165, 1.54) is 0 Å². The van der Waals surface area contributed by atoms with Crippen molar-refractivity contribution in [3.8, 4) is 5.75 Å². The molecule has 0 aliphatic rings. The van der Waals surface area contributed by atoms with Crippen LogP contribution in [0.15, 0.2) is 12.1 Å². The molecule has 4 nitrogen and oxygen atoms in total. The number of benzene rings is 1. The summed E-state index contributed by atoms with van der Waals surface area (Å²) < 4.78 is 25.1. The molecule has 0 bridgehead atoms. The molecule has 0 aliphatic carbocycles. The molecule has 0 aliphatic heterocycles. The molecule has 1 aromatic carbocycles. The van der Waals surface area contributed by atoms with Gasteiger partial charge >= 0.3 is 5.97 Å². The van der Waals surface area contributed by atoms with E-state index in [1.807, 2.05) is 0 Å². The molecule has 1 rings (SSSR count). The topological polar surface area (TPSA) is 83.6 Å². The van der Waals surface area contributed by atoms with E-state index in [-0.39, 0.29) is 5.56 Å². The third-order valence-corrected chi connectivity index (χ3v) is 1.67. The number of hydrogen-bond donors (Lipinski definition) is 3. The molecule has 0 heterocycles. The van der Waals surface area contributed by atoms with Crippen LogP contribution in [0.5, 0.6) is 5.75 Å². The monoisotopic (exact) mass is 203 g/mol. The zero-order chi connectivity index (χ0) is 10.9. The first-order valence-corrected chi connectivity index (χ1v) is 3.59. The van der Waals surface area contributed by atoms with Crippen LogP contribution < -0.4 is 5.73 Å². The van der Waals surface area contributed by atoms with Gasteiger partial charge in [-0.3, -0.25) is 4.79 Å². The fourth-order valence-electron chi connectivity index (χ4n) is 0.934. The summed E-state index contributed by atoms with van der Waals surface area (Å²) in [5, 5.41) is 17.6. The van der Waals surface area contributed by atoms with Gasteiger partial charge in [0.25, 0.3) is 0 Å². The van der Waals surface area contributed by atoms with Gasteiger partial charge < -0.3 is 15.9 Å². The van der Waals surface area contributed by atoms with Gasteiger partial charge in [0.2, 0.25) is 0 Å². The first kappa shape index (κ1) is 10.4. The number of halogens is 2. The number of phenolic OH excluding ortho intramolecular Hbond substituents is 1. The molecular weight excluding hydrogens is 196 g/mol. The first-order valence-electron chi connectivity index (χ1n) is 3.59. The summed E-state index contributed by atoms with van der Waals surface area (Å²) in [5.74, 6) is -4.64. The molecule has 0 saturated carbocycles. The summed E-state index contributed by atoms with van der Waals surface area (Å²) in [6.45, 7) is 0. The van der Waals surface area contributed by atoms with Crippen molar-refractivity contribution in [2.75, 3.05) is 0 Å². The number of hydrogen-bond acceptors (Lipinski definition) is 3. The molecule has 0 fully saturated rings. The average molecular weight is 203 g/mol. The molecule has 1 atom stereocenters. The number of nitrogens with two attached hydrogens (primary N) is 1. The Balaban J connectivity index is 3.22. The Morgan fingerprint density at radius 1 is 1.36 bits per heavy atom. The highest BCUT2D eigenvalue weighted by molar-refractivity contribution is 5.76. The standard InChI is InChI=1S/C8H7F2NO3/c9-4-1-3(7(11)8(13)14)6(12)2-5(4)10/h1-2,7,12H,11H2,(H,13,14)/t7-/m0/s1. The molecule has 0 spiro atoms. The third-order valence-electron chi connectivity index (χ3n) is 1.67. The van der Waals surface area contributed by atoms with E-state index < -0.39 is 29.4 Å². The van der Waals surface area contributed by atoms with E-state index in [1.54, 1.807) is 0 Å². The summed E-state index contributed by atoms with van der Waals surface area (Å²) in [6.07, 6.45) is 0. The largest absolute Gasteiger partial charge is 0.507 e. The van der Waals surface area contributed by atoms with E-state index in [9.17, 15) is 13.6 Å². The molecule has 76 valence electrons. The first-order chi connectivity index (χ1) is 6.43. The van der Waals surface area contributed by atoms with E-state index in [0.717, 1.165) is 0 Å². The van der Waals surface area contributed by atoms with Gasteiger partial charge in [-0.05, 0) is 6.07 Å². The minimum Gasteiger partial charge on any atom is -0.507 e. The lowest BCUT2D eigenvalue weighted by molar-refractivity contribution is -0.138. The van der Waals surface area contributed by atoms with Gasteiger partial charge in [0.15, 0.2) is 11.6 Å². The van der Waals surface area contributed by atoms with Crippen molar-refractivity contribution >= 4 is 5.97 Å². The quantitative estimate of drug-likeness (QED) is 0.662. The van der Waals surface area contributed by atoms with Crippen molar-refractivity contribution in [3.63, 3.8) is 0 Å². The van der Waals surface area contributed by atoms with Crippen molar-refractivity contribution in [2.24, 2.45) is 5.73 Å². The van der Waals surface area contributed by atoms with Crippen LogP contribution in [0, 0.1) is 11.6 Å². The molecule has 14 heavy (non-hydrogen) atoms. The van der Waals surface area contributed by atoms with Crippen LogP contribution in [0.3, 0.4) is 0 Å². The molecule has 6 heteroatoms. The minimum atomic E-state index is -1.58. The minimum absolute atomic E-state index is 0.364. The molecule has 4 N–H and O–H groups in total. The number of phenols is 1. The fourth-order valence-corrected chi connectivity index (χ4v) is 0.934. The van der Waals surface area contributed by atoms with Gasteiger partial charge in [0.1, 0.15) is 11.8 Å². The zero-order valence-corrected chi connectivity index (χ0v) is 6.87. The predicted molar refractivity (Wildman–Crippen MR) is 42.6 cm³/mol. The van der Waals surface area contributed by atoms with Crippen LogP contribution in [-0.2, 0) is 4.79 Å². The van der Waals surface area contributed by atoms with Crippen LogP contribution in [0.4, 0.5) is 8.78 Å². The van der Waals surface area contributed by atoms with Crippen LogP contribution in [-0.4, -0.2) is 16.2 Å². The second kappa shape index (κ2) is 3.59. The Morgan fingerprint density at radius 2 is 1.86 bits per heavy atom. The van der Waals surface area contributed by atoms with Crippen molar-refractivity contribution < 1.29 is 23.8 Å². The van der Waals surface area contributed by atoms with Crippen LogP contribution in [0.25, 0.3) is 0 Å². The number of carboxylic acid groups (broad SMARTS) is 1. The number of aromatic hydroxyl groups is 1. The third kappa shape index (κ3) is 1.80. The van der Waals surface area contributed by atoms with Crippen molar-refractivity contribution in [1.29, 1.82) is 0 Å². The fraction of sp³-hybridized carbons (Fsp3) is 0.125. The Kier molecular flexibility index (Phi) is 2.66. The Labute approximate surface area is 77.6 Å². The van der Waals surface area contributed by atoms with Crippen molar-refractivity contribution in [3.05, 3.63) is 29.3 Å². The summed E-state index contributed by atoms with van der Waals surface area (Å²) in [6, 6.07) is -0.540. The zero-order valence-electron chi connectivity index (χ0n) is 6.87. The summed E-state index contributed by atoms with van der Waals surface area (Å²) in [4.78, 5) is 10.4. The predicted octanol–water partition coefficient (Wildman–Crippen LogP) is 0.755. The molecule has 0 amide bonds. The maximum absolute atomic E-state index is 12.6. The maximum Gasteiger partial charge on any atom is 0.325 e. The second-order valence-electron chi connectivity index (χ2n) is 2.64. The lowest BCUT2D eigenvalue weighted by Gasteiger charge is -2.09. The summed E-state index contributed by atoms with van der Waals surface area (Å²) in [7, 11) is 0. The van der Waals surface area contributed by atoms with Gasteiger partial charge in [-0.25, -0.2) is 8.78 Å². The van der Waals surface area contributed by atoms with Gasteiger partial charge in [0.05, 0.1) is 0 Å². The highest BCUT2D eigenvalue weighted by Crippen LogP contribution is 2.25. The van der Waals surface area contributed by atoms with E-state index in [0.29, 0.717) is 12.1 Å². The van der Waals surface area contributed by atoms with E-state index >= 15 is 0 Å². The highest BCUT2D eigenvalue weighted by atomic mass is 19.2. The maximum atomic E-state index is 12.6. The smallest absolute Gasteiger partial charge is 0.325 e. The lowest BCUT2D eigenvalue weighted by Crippen LogP contribution is -2.21. The summed E-state index contributed by atoms with van der Waals surface area (Å²) in [5.41, 5.74) is 4.74. The Hall–Kier alpha value is -1.69. The van der Waals surface area contributed by atoms with Gasteiger partial charge in [-0.2, -0.15) is 0 Å². The molecular formula is C8H7F2NO3. The number of carboxylic acids is 1. The van der Waals surface area contributed by atoms with E-state index in [4.69, 9.17) is 15.9 Å². The Morgan fingerprint density at radius 3 is 2.36 bits per heavy atom. The molecule has 0 unspecified atom stereocenters. The molecule has 1 aromatic rings. The van der Waals surface area contributed by atoms with Gasteiger partial charge in [0, 0.05) is 11.6 Å². The van der Waals surface area contributed by atoms with E-state index in [2.05, 4.69) is 0 Å². The van der Waals surface area contributed by atoms with Crippen LogP contribution in [0.2, 0.25) is 0 Å². The van der Waals surface area contributed by atoms with Gasteiger partial charge in [-0.15, -0.1) is 0 Å². The lowest BCUT2D eigenvalue weighted by atomic mass is 10.1. The number of carbonyl (C=O) groups is 1. The summed E-state index contributed by atoms with van der Waals surface area (Å²) >= 11 is 0. The second-order valence-corrected chi connectivity index (χ2v) is 2.64. The number of aliphatic carboxylic acids is 1. The van der Waals surface area contributed by atoms with Gasteiger partial charge in [-0.1, -0.05) is 0 Å². The SMILES string of the molecule is N[C@H](C(=O)O)c1cc(F)c(F)cc1O.